The molecule has 1 atom stereocenters. The quantitative estimate of drug-likeness (QED) is 0.341. The van der Waals surface area contributed by atoms with Crippen molar-refractivity contribution in [3.8, 4) is 0 Å². The van der Waals surface area contributed by atoms with Crippen LogP contribution < -0.4 is 0 Å². The van der Waals surface area contributed by atoms with Crippen molar-refractivity contribution in [1.82, 2.24) is 4.90 Å². The van der Waals surface area contributed by atoms with E-state index in [4.69, 9.17) is 21.4 Å². The highest BCUT2D eigenvalue weighted by Gasteiger charge is 2.24. The normalized spacial score (nSPS) is 15.8. The van der Waals surface area contributed by atoms with Gasteiger partial charge < -0.3 is 14.7 Å². The molecular formula is C26H35Cl2NO3. The van der Waals surface area contributed by atoms with Crippen LogP contribution in [0.2, 0.25) is 5.02 Å². The highest BCUT2D eigenvalue weighted by Crippen LogP contribution is 2.30. The van der Waals surface area contributed by atoms with Crippen molar-refractivity contribution >= 4 is 30.0 Å². The van der Waals surface area contributed by atoms with Crippen LogP contribution in [0.15, 0.2) is 54.6 Å². The topological polar surface area (TPSA) is 49.8 Å². The Bertz CT molecular complexity index is 777. The van der Waals surface area contributed by atoms with E-state index in [1.54, 1.807) is 0 Å². The largest absolute Gasteiger partial charge is 0.481 e. The summed E-state index contributed by atoms with van der Waals surface area (Å²) in [5, 5.41) is 9.42. The van der Waals surface area contributed by atoms with Crippen LogP contribution in [0.4, 0.5) is 0 Å². The second-order valence-corrected chi connectivity index (χ2v) is 8.87. The van der Waals surface area contributed by atoms with E-state index in [1.165, 1.54) is 18.4 Å². The van der Waals surface area contributed by atoms with E-state index in [-0.39, 0.29) is 24.6 Å². The van der Waals surface area contributed by atoms with Gasteiger partial charge in [-0.25, -0.2) is 0 Å². The summed E-state index contributed by atoms with van der Waals surface area (Å²) in [4.78, 5) is 13.1. The minimum Gasteiger partial charge on any atom is -0.481 e. The summed E-state index contributed by atoms with van der Waals surface area (Å²) < 4.78 is 6.62. The predicted molar refractivity (Wildman–Crippen MR) is 133 cm³/mol. The van der Waals surface area contributed by atoms with Crippen LogP contribution in [-0.2, 0) is 9.53 Å². The van der Waals surface area contributed by atoms with Crippen LogP contribution in [-0.4, -0.2) is 41.7 Å². The molecule has 2 aromatic carbocycles. The molecule has 0 saturated carbocycles. The maximum Gasteiger partial charge on any atom is 0.303 e. The van der Waals surface area contributed by atoms with E-state index < -0.39 is 5.97 Å². The van der Waals surface area contributed by atoms with Gasteiger partial charge in [0.05, 0.1) is 6.10 Å². The lowest BCUT2D eigenvalue weighted by Gasteiger charge is -2.34. The summed E-state index contributed by atoms with van der Waals surface area (Å²) in [5.41, 5.74) is 2.32. The van der Waals surface area contributed by atoms with Gasteiger partial charge in [-0.15, -0.1) is 12.4 Å². The zero-order valence-corrected chi connectivity index (χ0v) is 20.2. The Balaban J connectivity index is 0.00000363. The zero-order valence-electron chi connectivity index (χ0n) is 18.6. The van der Waals surface area contributed by atoms with Crippen LogP contribution in [0.5, 0.6) is 0 Å². The average molecular weight is 480 g/mol. The van der Waals surface area contributed by atoms with Crippen LogP contribution in [0, 0.1) is 0 Å². The highest BCUT2D eigenvalue weighted by atomic mass is 35.5. The first kappa shape index (κ1) is 26.7. The summed E-state index contributed by atoms with van der Waals surface area (Å²) in [6.45, 7) is 3.28. The minimum absolute atomic E-state index is 0. The fraction of sp³-hybridized carbons (Fsp3) is 0.500. The maximum atomic E-state index is 10.5. The molecule has 0 amide bonds. The number of rotatable bonds is 12. The van der Waals surface area contributed by atoms with E-state index >= 15 is 0 Å². The molecule has 2 aromatic rings. The number of ether oxygens (including phenoxy) is 1. The molecule has 0 spiro atoms. The number of carboxylic acid groups (broad SMARTS) is 1. The van der Waals surface area contributed by atoms with Gasteiger partial charge in [0, 0.05) is 24.5 Å². The molecule has 1 aliphatic heterocycles. The zero-order chi connectivity index (χ0) is 21.9. The molecule has 0 aromatic heterocycles. The lowest BCUT2D eigenvalue weighted by Crippen LogP contribution is -2.38. The maximum absolute atomic E-state index is 10.5. The van der Waals surface area contributed by atoms with Gasteiger partial charge in [-0.1, -0.05) is 73.3 Å². The number of carbonyl (C=O) groups is 1. The molecule has 1 aliphatic rings. The van der Waals surface area contributed by atoms with Crippen molar-refractivity contribution in [3.63, 3.8) is 0 Å². The van der Waals surface area contributed by atoms with Crippen molar-refractivity contribution in [1.29, 1.82) is 0 Å². The van der Waals surface area contributed by atoms with Crippen molar-refractivity contribution in [2.75, 3.05) is 19.6 Å². The van der Waals surface area contributed by atoms with E-state index in [9.17, 15) is 4.79 Å². The number of hydrogen-bond acceptors (Lipinski definition) is 3. The molecule has 6 heteroatoms. The molecule has 1 fully saturated rings. The Morgan fingerprint density at radius 1 is 0.938 bits per heavy atom. The Kier molecular flexibility index (Phi) is 12.1. The molecule has 1 unspecified atom stereocenters. The Morgan fingerprint density at radius 3 is 2.19 bits per heavy atom. The van der Waals surface area contributed by atoms with Crippen molar-refractivity contribution < 1.29 is 14.6 Å². The number of unbranched alkanes of at least 4 members (excludes halogenated alkanes) is 4. The number of halogens is 2. The number of likely N-dealkylation sites (tertiary alicyclic amines) is 1. The molecule has 0 aliphatic carbocycles. The first-order valence-electron chi connectivity index (χ1n) is 11.5. The fourth-order valence-electron chi connectivity index (χ4n) is 4.22. The number of piperidine rings is 1. The van der Waals surface area contributed by atoms with E-state index in [0.717, 1.165) is 62.3 Å². The van der Waals surface area contributed by atoms with Crippen LogP contribution in [0.1, 0.15) is 68.6 Å². The van der Waals surface area contributed by atoms with Crippen LogP contribution in [0.25, 0.3) is 0 Å². The van der Waals surface area contributed by atoms with Crippen molar-refractivity contribution in [3.05, 3.63) is 70.7 Å². The number of aliphatic carboxylic acids is 1. The molecule has 0 radical (unpaired) electrons. The number of nitrogens with zero attached hydrogens (tertiary/aromatic N) is 1. The van der Waals surface area contributed by atoms with Gasteiger partial charge in [-0.05, 0) is 55.5 Å². The van der Waals surface area contributed by atoms with Gasteiger partial charge in [-0.2, -0.15) is 0 Å². The highest BCUT2D eigenvalue weighted by molar-refractivity contribution is 6.30. The van der Waals surface area contributed by atoms with Gasteiger partial charge in [0.15, 0.2) is 0 Å². The van der Waals surface area contributed by atoms with Gasteiger partial charge >= 0.3 is 5.97 Å². The van der Waals surface area contributed by atoms with Gasteiger partial charge in [-0.3, -0.25) is 4.79 Å². The lowest BCUT2D eigenvalue weighted by molar-refractivity contribution is -0.137. The minimum atomic E-state index is -0.685. The molecule has 1 saturated heterocycles. The van der Waals surface area contributed by atoms with Gasteiger partial charge in [0.2, 0.25) is 0 Å². The third kappa shape index (κ3) is 9.11. The smallest absolute Gasteiger partial charge is 0.303 e. The molecule has 3 rings (SSSR count). The number of benzene rings is 2. The summed E-state index contributed by atoms with van der Waals surface area (Å²) in [7, 11) is 0. The molecule has 176 valence electrons. The number of carboxylic acids is 1. The van der Waals surface area contributed by atoms with Crippen molar-refractivity contribution in [2.24, 2.45) is 0 Å². The first-order chi connectivity index (χ1) is 15.1. The monoisotopic (exact) mass is 479 g/mol. The van der Waals surface area contributed by atoms with Gasteiger partial charge in [0.25, 0.3) is 0 Å². The predicted octanol–water partition coefficient (Wildman–Crippen LogP) is 6.76. The average Bonchev–Trinajstić information content (AvgIpc) is 2.79. The molecule has 32 heavy (non-hydrogen) atoms. The third-order valence-corrected chi connectivity index (χ3v) is 6.26. The first-order valence-corrected chi connectivity index (χ1v) is 11.9. The summed E-state index contributed by atoms with van der Waals surface area (Å²) in [5.74, 6) is -0.685. The lowest BCUT2D eigenvalue weighted by atomic mass is 10.00. The second kappa shape index (κ2) is 14.5. The van der Waals surface area contributed by atoms with Crippen LogP contribution in [0.3, 0.4) is 0 Å². The van der Waals surface area contributed by atoms with E-state index in [1.807, 2.05) is 18.2 Å². The third-order valence-electron chi connectivity index (χ3n) is 6.00. The molecule has 1 heterocycles. The molecular weight excluding hydrogens is 445 g/mol. The SMILES string of the molecule is Cl.O=C(O)CCCCCCCN1CCC(OC(c2ccccc2)c2ccc(Cl)cc2)CC1. The number of hydrogen-bond donors (Lipinski definition) is 1. The summed E-state index contributed by atoms with van der Waals surface area (Å²) in [6.07, 6.45) is 7.92. The fourth-order valence-corrected chi connectivity index (χ4v) is 4.34. The van der Waals surface area contributed by atoms with E-state index in [2.05, 4.69) is 41.3 Å². The Hall–Kier alpha value is -1.59. The summed E-state index contributed by atoms with van der Waals surface area (Å²) in [6, 6.07) is 18.4. The summed E-state index contributed by atoms with van der Waals surface area (Å²) >= 11 is 6.09. The van der Waals surface area contributed by atoms with E-state index in [0.29, 0.717) is 6.42 Å². The molecule has 0 bridgehead atoms. The standard InChI is InChI=1S/C26H34ClNO3.ClH/c27-23-14-12-22(13-15-23)26(21-9-5-4-6-10-21)31-24-16-19-28(20-17-24)18-8-3-1-2-7-11-25(29)30;/h4-6,9-10,12-15,24,26H,1-3,7-8,11,16-20H2,(H,29,30);1H. The van der Waals surface area contributed by atoms with Crippen molar-refractivity contribution in [2.45, 2.75) is 63.6 Å². The van der Waals surface area contributed by atoms with Gasteiger partial charge in [0.1, 0.15) is 6.10 Å². The molecule has 1 N–H and O–H groups in total. The van der Waals surface area contributed by atoms with Crippen LogP contribution >= 0.6 is 24.0 Å². The second-order valence-electron chi connectivity index (χ2n) is 8.43. The molecule has 4 nitrogen and oxygen atoms in total. The Labute approximate surface area is 203 Å². The Morgan fingerprint density at radius 2 is 1.53 bits per heavy atom.